The second-order valence-corrected chi connectivity index (χ2v) is 16.5. The predicted molar refractivity (Wildman–Crippen MR) is 199 cm³/mol. The van der Waals surface area contributed by atoms with Crippen LogP contribution in [0, 0.1) is 11.6 Å². The first-order chi connectivity index (χ1) is 25.8. The van der Waals surface area contributed by atoms with Gasteiger partial charge in [-0.3, -0.25) is 8.61 Å². The van der Waals surface area contributed by atoms with Crippen LogP contribution in [0.15, 0.2) is 143 Å². The Labute approximate surface area is 310 Å². The zero-order valence-electron chi connectivity index (χ0n) is 28.7. The molecule has 0 amide bonds. The first-order valence-corrected chi connectivity index (χ1v) is 19.7. The normalized spacial score (nSPS) is 16.1. The van der Waals surface area contributed by atoms with E-state index in [0.29, 0.717) is 33.6 Å². The zero-order chi connectivity index (χ0) is 37.9. The van der Waals surface area contributed by atoms with Crippen LogP contribution in [0.1, 0.15) is 37.1 Å². The van der Waals surface area contributed by atoms with Crippen LogP contribution < -0.4 is 18.1 Å². The molecule has 0 N–H and O–H groups in total. The van der Waals surface area contributed by atoms with E-state index in [-0.39, 0.29) is 21.3 Å². The molecular formula is C41H30F2N2O7S2. The third kappa shape index (κ3) is 5.85. The number of hydrogen-bond acceptors (Lipinski definition) is 7. The Bertz CT molecular complexity index is 2500. The number of hydrogen-bond donors (Lipinski definition) is 0. The van der Waals surface area contributed by atoms with Crippen LogP contribution in [0.5, 0.6) is 11.5 Å². The van der Waals surface area contributed by atoms with Crippen molar-refractivity contribution in [1.82, 2.24) is 0 Å². The quantitative estimate of drug-likeness (QED) is 0.123. The average molecular weight is 765 g/mol. The minimum atomic E-state index is -4.17. The molecule has 272 valence electrons. The Balaban J connectivity index is 0.977. The number of para-hydroxylation sites is 2. The third-order valence-corrected chi connectivity index (χ3v) is 13.5. The summed E-state index contributed by atoms with van der Waals surface area (Å²) in [6.45, 7) is 3.38. The number of rotatable bonds is 6. The Kier molecular flexibility index (Phi) is 8.50. The SMILES string of the molecule is CC1c2cc(F)ccc2-c2ccccc2N1S(=O)(=O)c1ccc(OC(=O)Oc2ccc(S(=O)(=O)N3c4ccccc4-c4ccc(F)cc4C3C)cc2)cc1. The summed E-state index contributed by atoms with van der Waals surface area (Å²) >= 11 is 0. The summed E-state index contributed by atoms with van der Waals surface area (Å²) in [5.74, 6) is -0.968. The van der Waals surface area contributed by atoms with Gasteiger partial charge in [0.15, 0.2) is 0 Å². The summed E-state index contributed by atoms with van der Waals surface area (Å²) in [5, 5.41) is 0. The van der Waals surface area contributed by atoms with Gasteiger partial charge in [0.2, 0.25) is 0 Å². The van der Waals surface area contributed by atoms with E-state index in [0.717, 1.165) is 11.1 Å². The lowest BCUT2D eigenvalue weighted by atomic mass is 9.90. The molecule has 0 saturated heterocycles. The number of halogens is 2. The lowest BCUT2D eigenvalue weighted by Gasteiger charge is -2.37. The van der Waals surface area contributed by atoms with E-state index in [9.17, 15) is 30.4 Å². The Morgan fingerprint density at radius 3 is 1.28 bits per heavy atom. The van der Waals surface area contributed by atoms with Crippen molar-refractivity contribution in [3.05, 3.63) is 156 Å². The van der Waals surface area contributed by atoms with Crippen molar-refractivity contribution < 1.29 is 39.9 Å². The molecule has 13 heteroatoms. The van der Waals surface area contributed by atoms with E-state index in [1.165, 1.54) is 81.4 Å². The maximum atomic E-state index is 14.3. The molecule has 9 nitrogen and oxygen atoms in total. The van der Waals surface area contributed by atoms with Crippen molar-refractivity contribution in [2.75, 3.05) is 8.61 Å². The van der Waals surface area contributed by atoms with Crippen LogP contribution in [0.3, 0.4) is 0 Å². The highest BCUT2D eigenvalue weighted by Crippen LogP contribution is 2.48. The monoisotopic (exact) mass is 764 g/mol. The van der Waals surface area contributed by atoms with Gasteiger partial charge in [0.05, 0.1) is 33.2 Å². The maximum absolute atomic E-state index is 14.3. The summed E-state index contributed by atoms with van der Waals surface area (Å²) in [4.78, 5) is 12.6. The molecule has 2 aliphatic rings. The molecule has 2 unspecified atom stereocenters. The molecule has 0 spiro atoms. The average Bonchev–Trinajstić information content (AvgIpc) is 3.15. The van der Waals surface area contributed by atoms with E-state index in [1.807, 2.05) is 0 Å². The lowest BCUT2D eigenvalue weighted by Crippen LogP contribution is -2.36. The molecule has 0 radical (unpaired) electrons. The minimum Gasteiger partial charge on any atom is -0.395 e. The van der Waals surface area contributed by atoms with Crippen molar-refractivity contribution in [2.24, 2.45) is 0 Å². The maximum Gasteiger partial charge on any atom is 0.519 e. The number of sulfonamides is 2. The van der Waals surface area contributed by atoms with Crippen molar-refractivity contribution in [2.45, 2.75) is 35.7 Å². The number of carbonyl (C=O) groups excluding carboxylic acids is 1. The molecular weight excluding hydrogens is 735 g/mol. The molecule has 0 fully saturated rings. The van der Waals surface area contributed by atoms with Crippen LogP contribution in [0.4, 0.5) is 25.0 Å². The molecule has 2 aliphatic heterocycles. The summed E-state index contributed by atoms with van der Waals surface area (Å²) < 4.78 is 97.7. The van der Waals surface area contributed by atoms with Crippen molar-refractivity contribution >= 4 is 37.6 Å². The molecule has 6 aromatic carbocycles. The van der Waals surface area contributed by atoms with Gasteiger partial charge in [-0.25, -0.2) is 30.4 Å². The summed E-state index contributed by atoms with van der Waals surface area (Å²) in [6, 6.07) is 31.6. The van der Waals surface area contributed by atoms with Crippen LogP contribution in [-0.4, -0.2) is 23.0 Å². The fourth-order valence-electron chi connectivity index (χ4n) is 7.18. The third-order valence-electron chi connectivity index (χ3n) is 9.66. The molecule has 6 aromatic rings. The van der Waals surface area contributed by atoms with Gasteiger partial charge in [0.25, 0.3) is 20.0 Å². The van der Waals surface area contributed by atoms with Gasteiger partial charge in [-0.1, -0.05) is 48.5 Å². The highest BCUT2D eigenvalue weighted by Gasteiger charge is 2.38. The van der Waals surface area contributed by atoms with Gasteiger partial charge in [0, 0.05) is 11.1 Å². The van der Waals surface area contributed by atoms with Crippen LogP contribution in [-0.2, 0) is 20.0 Å². The van der Waals surface area contributed by atoms with E-state index in [4.69, 9.17) is 9.47 Å². The zero-order valence-corrected chi connectivity index (χ0v) is 30.3. The van der Waals surface area contributed by atoms with E-state index in [2.05, 4.69) is 0 Å². The van der Waals surface area contributed by atoms with Gasteiger partial charge < -0.3 is 9.47 Å². The number of carbonyl (C=O) groups is 1. The molecule has 2 heterocycles. The van der Waals surface area contributed by atoms with E-state index in [1.54, 1.807) is 74.5 Å². The van der Waals surface area contributed by atoms with E-state index >= 15 is 0 Å². The standard InChI is InChI=1S/C41H30F2N2O7S2/c1-25-37-23-27(42)11-21-33(37)35-7-3-5-9-39(35)44(25)53(47,48)31-17-13-29(14-18-31)51-41(46)52-30-15-19-32(20-16-30)54(49,50)45-26(2)38-24-28(43)12-22-34(38)36-8-4-6-10-40(36)45/h3-26H,1-2H3. The molecule has 0 saturated carbocycles. The molecule has 8 rings (SSSR count). The Morgan fingerprint density at radius 2 is 0.889 bits per heavy atom. The van der Waals surface area contributed by atoms with Gasteiger partial charge in [0.1, 0.15) is 23.1 Å². The van der Waals surface area contributed by atoms with Gasteiger partial charge >= 0.3 is 6.16 Å². The number of ether oxygens (including phenoxy) is 2. The smallest absolute Gasteiger partial charge is 0.395 e. The van der Waals surface area contributed by atoms with Crippen molar-refractivity contribution in [3.8, 4) is 33.8 Å². The largest absolute Gasteiger partial charge is 0.519 e. The van der Waals surface area contributed by atoms with Crippen LogP contribution >= 0.6 is 0 Å². The Hall–Kier alpha value is -6.05. The summed E-state index contributed by atoms with van der Waals surface area (Å²) in [6.07, 6.45) is -1.14. The minimum absolute atomic E-state index is 0.00729. The molecule has 0 aliphatic carbocycles. The number of anilines is 2. The van der Waals surface area contributed by atoms with Crippen molar-refractivity contribution in [3.63, 3.8) is 0 Å². The predicted octanol–water partition coefficient (Wildman–Crippen LogP) is 9.42. The van der Waals surface area contributed by atoms with Crippen molar-refractivity contribution in [1.29, 1.82) is 0 Å². The second kappa shape index (κ2) is 13.1. The molecule has 54 heavy (non-hydrogen) atoms. The topological polar surface area (TPSA) is 110 Å². The fraction of sp³-hybridized carbons (Fsp3) is 0.0976. The first kappa shape index (κ1) is 35.0. The number of nitrogens with zero attached hydrogens (tertiary/aromatic N) is 2. The number of benzene rings is 6. The Morgan fingerprint density at radius 1 is 0.519 bits per heavy atom. The van der Waals surface area contributed by atoms with Gasteiger partial charge in [-0.2, -0.15) is 0 Å². The first-order valence-electron chi connectivity index (χ1n) is 16.8. The second-order valence-electron chi connectivity index (χ2n) is 12.8. The molecule has 0 bridgehead atoms. The highest BCUT2D eigenvalue weighted by molar-refractivity contribution is 7.93. The number of fused-ring (bicyclic) bond motifs is 6. The molecule has 0 aromatic heterocycles. The highest BCUT2D eigenvalue weighted by atomic mass is 32.2. The molecule has 2 atom stereocenters. The van der Waals surface area contributed by atoms with Crippen LogP contribution in [0.25, 0.3) is 22.3 Å². The van der Waals surface area contributed by atoms with Gasteiger partial charge in [-0.15, -0.1) is 0 Å². The van der Waals surface area contributed by atoms with E-state index < -0.39 is 49.9 Å². The summed E-state index contributed by atoms with van der Waals surface area (Å²) in [7, 11) is -8.33. The summed E-state index contributed by atoms with van der Waals surface area (Å²) in [5.41, 5.74) is 4.74. The lowest BCUT2D eigenvalue weighted by molar-refractivity contribution is 0.152. The van der Waals surface area contributed by atoms with Gasteiger partial charge in [-0.05, 0) is 121 Å². The fourth-order valence-corrected chi connectivity index (χ4v) is 10.5. The van der Waals surface area contributed by atoms with Crippen LogP contribution in [0.2, 0.25) is 0 Å².